The van der Waals surface area contributed by atoms with E-state index in [1.54, 1.807) is 11.3 Å². The van der Waals surface area contributed by atoms with Gasteiger partial charge in [0.25, 0.3) is 0 Å². The van der Waals surface area contributed by atoms with E-state index in [1.165, 1.54) is 11.8 Å². The van der Waals surface area contributed by atoms with Crippen LogP contribution in [0.2, 0.25) is 0 Å². The lowest BCUT2D eigenvalue weighted by Gasteiger charge is -2.13. The fourth-order valence-corrected chi connectivity index (χ4v) is 4.38. The van der Waals surface area contributed by atoms with Crippen LogP contribution in [0.4, 0.5) is 0 Å². The molecule has 1 aliphatic rings. The number of thiophene rings is 1. The van der Waals surface area contributed by atoms with Crippen LogP contribution in [-0.2, 0) is 11.3 Å². The monoisotopic (exact) mass is 384 g/mol. The van der Waals surface area contributed by atoms with Crippen molar-refractivity contribution in [3.8, 4) is 10.7 Å². The number of benzene rings is 1. The van der Waals surface area contributed by atoms with Crippen LogP contribution >= 0.6 is 23.1 Å². The highest BCUT2D eigenvalue weighted by atomic mass is 32.2. The predicted molar refractivity (Wildman–Crippen MR) is 105 cm³/mol. The zero-order valence-electron chi connectivity index (χ0n) is 14.5. The summed E-state index contributed by atoms with van der Waals surface area (Å²) in [6.07, 6.45) is 2.30. The molecule has 1 atom stereocenters. The van der Waals surface area contributed by atoms with E-state index in [0.29, 0.717) is 12.6 Å². The molecular formula is C19H20N4OS2. The molecule has 3 aromatic rings. The molecule has 0 spiro atoms. The lowest BCUT2D eigenvalue weighted by molar-refractivity contribution is -0.120. The van der Waals surface area contributed by atoms with E-state index in [9.17, 15) is 4.79 Å². The normalized spacial score (nSPS) is 15.0. The third-order valence-corrected chi connectivity index (χ3v) is 6.20. The van der Waals surface area contributed by atoms with E-state index in [4.69, 9.17) is 0 Å². The summed E-state index contributed by atoms with van der Waals surface area (Å²) in [4.78, 5) is 13.6. The molecule has 2 aromatic heterocycles. The second kappa shape index (κ2) is 7.63. The molecule has 26 heavy (non-hydrogen) atoms. The number of hydrogen-bond acceptors (Lipinski definition) is 5. The van der Waals surface area contributed by atoms with Gasteiger partial charge in [-0.05, 0) is 36.8 Å². The quantitative estimate of drug-likeness (QED) is 0.622. The average Bonchev–Trinajstić information content (AvgIpc) is 3.18. The van der Waals surface area contributed by atoms with Crippen molar-refractivity contribution in [3.05, 3.63) is 53.4 Å². The molecule has 2 heterocycles. The molecule has 5 nitrogen and oxygen atoms in total. The van der Waals surface area contributed by atoms with Crippen LogP contribution in [0.15, 0.2) is 53.0 Å². The van der Waals surface area contributed by atoms with Crippen LogP contribution in [0.5, 0.6) is 0 Å². The Balaban J connectivity index is 1.44. The third-order valence-electron chi connectivity index (χ3n) is 4.28. The van der Waals surface area contributed by atoms with Gasteiger partial charge < -0.3 is 5.32 Å². The summed E-state index contributed by atoms with van der Waals surface area (Å²) in [5.41, 5.74) is 1.10. The van der Waals surface area contributed by atoms with Gasteiger partial charge >= 0.3 is 0 Å². The lowest BCUT2D eigenvalue weighted by Crippen LogP contribution is -2.30. The zero-order chi connectivity index (χ0) is 17.9. The largest absolute Gasteiger partial charge is 0.351 e. The highest BCUT2D eigenvalue weighted by Crippen LogP contribution is 2.42. The van der Waals surface area contributed by atoms with E-state index < -0.39 is 0 Å². The van der Waals surface area contributed by atoms with Crippen LogP contribution in [0.25, 0.3) is 10.7 Å². The maximum atomic E-state index is 12.5. The summed E-state index contributed by atoms with van der Waals surface area (Å²) in [6.45, 7) is 2.46. The number of nitrogens with zero attached hydrogens (tertiary/aromatic N) is 3. The summed E-state index contributed by atoms with van der Waals surface area (Å²) in [5.74, 6) is 0.934. The molecule has 134 valence electrons. The molecule has 0 radical (unpaired) electrons. The number of carbonyl (C=O) groups excluding carboxylic acids is 1. The Morgan fingerprint density at radius 1 is 1.27 bits per heavy atom. The first-order valence-corrected chi connectivity index (χ1v) is 10.5. The third kappa shape index (κ3) is 3.83. The Hall–Kier alpha value is -2.12. The number of thioether (sulfide) groups is 1. The second-order valence-corrected chi connectivity index (χ2v) is 8.60. The van der Waals surface area contributed by atoms with Crippen LogP contribution in [0, 0.1) is 0 Å². The van der Waals surface area contributed by atoms with Gasteiger partial charge in [-0.2, -0.15) is 0 Å². The van der Waals surface area contributed by atoms with E-state index in [2.05, 4.69) is 26.1 Å². The molecule has 0 bridgehead atoms. The van der Waals surface area contributed by atoms with Crippen molar-refractivity contribution in [2.45, 2.75) is 42.8 Å². The van der Waals surface area contributed by atoms with Gasteiger partial charge in [0.1, 0.15) is 0 Å². The topological polar surface area (TPSA) is 59.8 Å². The molecule has 0 aliphatic heterocycles. The molecule has 1 amide bonds. The molecule has 4 rings (SSSR count). The SMILES string of the molecule is C[C@@H](Sc1nnc(-c2cccs2)n1C1CC1)C(=O)NCc1ccccc1. The molecule has 1 N–H and O–H groups in total. The second-order valence-electron chi connectivity index (χ2n) is 6.35. The molecule has 0 saturated heterocycles. The van der Waals surface area contributed by atoms with Gasteiger partial charge in [-0.3, -0.25) is 9.36 Å². The Morgan fingerprint density at radius 2 is 2.08 bits per heavy atom. The number of amides is 1. The Kier molecular flexibility index (Phi) is 5.08. The van der Waals surface area contributed by atoms with Crippen molar-refractivity contribution in [1.82, 2.24) is 20.1 Å². The van der Waals surface area contributed by atoms with E-state index in [0.717, 1.165) is 34.3 Å². The minimum Gasteiger partial charge on any atom is -0.351 e. The molecule has 1 aliphatic carbocycles. The maximum absolute atomic E-state index is 12.5. The highest BCUT2D eigenvalue weighted by molar-refractivity contribution is 8.00. The van der Waals surface area contributed by atoms with Crippen molar-refractivity contribution in [3.63, 3.8) is 0 Å². The first kappa shape index (κ1) is 17.3. The van der Waals surface area contributed by atoms with E-state index >= 15 is 0 Å². The van der Waals surface area contributed by atoms with Crippen molar-refractivity contribution >= 4 is 29.0 Å². The van der Waals surface area contributed by atoms with Gasteiger partial charge in [0, 0.05) is 12.6 Å². The number of nitrogens with one attached hydrogen (secondary N) is 1. The van der Waals surface area contributed by atoms with Gasteiger partial charge in [-0.15, -0.1) is 21.5 Å². The molecule has 1 aromatic carbocycles. The molecule has 1 fully saturated rings. The molecular weight excluding hydrogens is 364 g/mol. The smallest absolute Gasteiger partial charge is 0.233 e. The Morgan fingerprint density at radius 3 is 2.77 bits per heavy atom. The van der Waals surface area contributed by atoms with Crippen molar-refractivity contribution in [2.24, 2.45) is 0 Å². The Bertz CT molecular complexity index is 872. The van der Waals surface area contributed by atoms with Crippen molar-refractivity contribution < 1.29 is 4.79 Å². The van der Waals surface area contributed by atoms with Crippen molar-refractivity contribution in [2.75, 3.05) is 0 Å². The van der Waals surface area contributed by atoms with Crippen LogP contribution in [-0.4, -0.2) is 25.9 Å². The fraction of sp³-hybridized carbons (Fsp3) is 0.316. The highest BCUT2D eigenvalue weighted by Gasteiger charge is 2.31. The minimum atomic E-state index is -0.225. The van der Waals surface area contributed by atoms with Gasteiger partial charge in [0.2, 0.25) is 5.91 Å². The summed E-state index contributed by atoms with van der Waals surface area (Å²) in [6, 6.07) is 14.5. The minimum absolute atomic E-state index is 0.0156. The molecule has 0 unspecified atom stereocenters. The summed E-state index contributed by atoms with van der Waals surface area (Å²) < 4.78 is 2.21. The lowest BCUT2D eigenvalue weighted by atomic mass is 10.2. The summed E-state index contributed by atoms with van der Waals surface area (Å²) in [7, 11) is 0. The first-order chi connectivity index (χ1) is 12.7. The van der Waals surface area contributed by atoms with Crippen LogP contribution < -0.4 is 5.32 Å². The Labute approximate surface area is 160 Å². The van der Waals surface area contributed by atoms with Crippen LogP contribution in [0.3, 0.4) is 0 Å². The molecule has 7 heteroatoms. The fourth-order valence-electron chi connectivity index (χ4n) is 2.73. The zero-order valence-corrected chi connectivity index (χ0v) is 16.1. The standard InChI is InChI=1S/C19H20N4OS2/c1-13(18(24)20-12-14-6-3-2-4-7-14)26-19-22-21-17(16-8-5-11-25-16)23(19)15-9-10-15/h2-8,11,13,15H,9-10,12H2,1H3,(H,20,24)/t13-/m1/s1. The van der Waals surface area contributed by atoms with Crippen molar-refractivity contribution in [1.29, 1.82) is 0 Å². The number of hydrogen-bond donors (Lipinski definition) is 1. The van der Waals surface area contributed by atoms with Gasteiger partial charge in [-0.25, -0.2) is 0 Å². The number of aromatic nitrogens is 3. The van der Waals surface area contributed by atoms with E-state index in [-0.39, 0.29) is 11.2 Å². The summed E-state index contributed by atoms with van der Waals surface area (Å²) in [5, 5.41) is 14.4. The number of rotatable bonds is 7. The number of carbonyl (C=O) groups is 1. The van der Waals surface area contributed by atoms with Crippen LogP contribution in [0.1, 0.15) is 31.4 Å². The van der Waals surface area contributed by atoms with Gasteiger partial charge in [0.15, 0.2) is 11.0 Å². The molecule has 1 saturated carbocycles. The van der Waals surface area contributed by atoms with Gasteiger partial charge in [-0.1, -0.05) is 48.2 Å². The van der Waals surface area contributed by atoms with Gasteiger partial charge in [0.05, 0.1) is 10.1 Å². The first-order valence-electron chi connectivity index (χ1n) is 8.69. The maximum Gasteiger partial charge on any atom is 0.233 e. The predicted octanol–water partition coefficient (Wildman–Crippen LogP) is 4.14. The summed E-state index contributed by atoms with van der Waals surface area (Å²) >= 11 is 3.15. The van der Waals surface area contributed by atoms with E-state index in [1.807, 2.05) is 48.7 Å². The average molecular weight is 385 g/mol.